The highest BCUT2D eigenvalue weighted by atomic mass is 14.6. The zero-order valence-electron chi connectivity index (χ0n) is 5.33. The number of aromatic nitrogens is 1. The summed E-state index contributed by atoms with van der Waals surface area (Å²) in [7, 11) is 0. The summed E-state index contributed by atoms with van der Waals surface area (Å²) in [6.45, 7) is 0. The molecule has 0 aliphatic heterocycles. The van der Waals surface area contributed by atoms with Crippen LogP contribution in [0.5, 0.6) is 0 Å². The first-order chi connectivity index (χ1) is 4.97. The third kappa shape index (κ3) is 0.708. The molecule has 1 aromatic heterocycles. The number of allylic oxidation sites excluding steroid dienone is 1. The van der Waals surface area contributed by atoms with Crippen LogP contribution in [0.25, 0.3) is 11.8 Å². The largest absolute Gasteiger partial charge is 0.263 e. The van der Waals surface area contributed by atoms with Gasteiger partial charge in [0.2, 0.25) is 0 Å². The third-order valence-corrected chi connectivity index (χ3v) is 1.41. The van der Waals surface area contributed by atoms with Crippen molar-refractivity contribution < 1.29 is 0 Å². The summed E-state index contributed by atoms with van der Waals surface area (Å²) in [5.41, 5.74) is 5.83. The highest BCUT2D eigenvalue weighted by Gasteiger charge is 1.82. The number of pyridine rings is 1. The van der Waals surface area contributed by atoms with Crippen molar-refractivity contribution in [3.05, 3.63) is 40.7 Å². The number of hydrogen-bond donors (Lipinski definition) is 0. The van der Waals surface area contributed by atoms with Crippen molar-refractivity contribution in [2.24, 2.45) is 0 Å². The molecule has 0 unspecified atom stereocenters. The fourth-order valence-electron chi connectivity index (χ4n) is 0.906. The summed E-state index contributed by atoms with van der Waals surface area (Å²) in [4.78, 5) is 3.96. The molecule has 0 aromatic carbocycles. The fraction of sp³-hybridized carbons (Fsp3) is 0. The van der Waals surface area contributed by atoms with E-state index in [4.69, 9.17) is 0 Å². The van der Waals surface area contributed by atoms with Gasteiger partial charge in [0.15, 0.2) is 0 Å². The number of nitrogens with zero attached hydrogens (tertiary/aromatic N) is 1. The summed E-state index contributed by atoms with van der Waals surface area (Å²) in [5, 5.41) is 2.18. The van der Waals surface area contributed by atoms with Crippen LogP contribution in [0.1, 0.15) is 0 Å². The lowest BCUT2D eigenvalue weighted by Crippen LogP contribution is -2.23. The zero-order chi connectivity index (χ0) is 6.81. The molecule has 1 heterocycles. The van der Waals surface area contributed by atoms with Crippen LogP contribution in [0.15, 0.2) is 30.3 Å². The Balaban J connectivity index is 3.13. The maximum atomic E-state index is 3.96. The molecule has 1 aromatic rings. The summed E-state index contributed by atoms with van der Waals surface area (Å²) >= 11 is 0. The minimum Gasteiger partial charge on any atom is -0.263 e. The first kappa shape index (κ1) is 5.25. The van der Waals surface area contributed by atoms with Crippen LogP contribution in [0.3, 0.4) is 0 Å². The van der Waals surface area contributed by atoms with E-state index in [0.717, 1.165) is 10.4 Å². The van der Waals surface area contributed by atoms with Crippen LogP contribution in [-0.2, 0) is 0 Å². The predicted octanol–water partition coefficient (Wildman–Crippen LogP) is -0.0336. The van der Waals surface area contributed by atoms with Crippen LogP contribution in [0, 0.1) is 0 Å². The zero-order valence-corrected chi connectivity index (χ0v) is 5.33. The average molecular weight is 127 g/mol. The summed E-state index contributed by atoms with van der Waals surface area (Å²) < 4.78 is 0. The van der Waals surface area contributed by atoms with Gasteiger partial charge < -0.3 is 0 Å². The van der Waals surface area contributed by atoms with Gasteiger partial charge in [0.05, 0.1) is 5.22 Å². The SMILES string of the molecule is C1=C=c2cnccc2=CC=1. The van der Waals surface area contributed by atoms with Crippen molar-refractivity contribution in [2.75, 3.05) is 0 Å². The molecule has 10 heavy (non-hydrogen) atoms. The van der Waals surface area contributed by atoms with E-state index in [9.17, 15) is 0 Å². The molecule has 0 bridgehead atoms. The Labute approximate surface area is 58.3 Å². The molecular formula is C9H5N. The van der Waals surface area contributed by atoms with Crippen LogP contribution in [0.2, 0.25) is 0 Å². The molecule has 1 aliphatic carbocycles. The first-order valence-electron chi connectivity index (χ1n) is 3.09. The molecule has 46 valence electrons. The molecule has 1 aliphatic rings. The first-order valence-corrected chi connectivity index (χ1v) is 3.09. The van der Waals surface area contributed by atoms with Crippen molar-refractivity contribution in [3.63, 3.8) is 0 Å². The minimum absolute atomic E-state index is 1.02. The summed E-state index contributed by atoms with van der Waals surface area (Å²) in [5.74, 6) is 0. The Morgan fingerprint density at radius 2 is 2.40 bits per heavy atom. The minimum atomic E-state index is 1.02. The Morgan fingerprint density at radius 3 is 3.30 bits per heavy atom. The Morgan fingerprint density at radius 1 is 1.40 bits per heavy atom. The summed E-state index contributed by atoms with van der Waals surface area (Å²) in [6, 6.07) is 1.96. The molecule has 0 saturated heterocycles. The predicted molar refractivity (Wildman–Crippen MR) is 39.4 cm³/mol. The second-order valence-electron chi connectivity index (χ2n) is 2.07. The Bertz CT molecular complexity index is 430. The van der Waals surface area contributed by atoms with Gasteiger partial charge in [-0.25, -0.2) is 0 Å². The lowest BCUT2D eigenvalue weighted by atomic mass is 10.2. The van der Waals surface area contributed by atoms with Gasteiger partial charge in [-0.05, 0) is 23.4 Å². The maximum absolute atomic E-state index is 3.96. The van der Waals surface area contributed by atoms with Gasteiger partial charge in [-0.3, -0.25) is 4.98 Å². The van der Waals surface area contributed by atoms with Gasteiger partial charge in [0, 0.05) is 12.4 Å². The molecule has 1 heteroatoms. The highest BCUT2D eigenvalue weighted by Crippen LogP contribution is 1.72. The van der Waals surface area contributed by atoms with Gasteiger partial charge in [0.1, 0.15) is 0 Å². The van der Waals surface area contributed by atoms with Gasteiger partial charge in [0.25, 0.3) is 0 Å². The quantitative estimate of drug-likeness (QED) is 0.446. The standard InChI is InChI=1S/C9H5N/c1-2-4-9-7-10-6-5-8(9)3-1/h1,3,5-7H. The van der Waals surface area contributed by atoms with E-state index in [0.29, 0.717) is 0 Å². The lowest BCUT2D eigenvalue weighted by Gasteiger charge is -1.85. The molecule has 0 spiro atoms. The molecule has 0 amide bonds. The topological polar surface area (TPSA) is 12.9 Å². The van der Waals surface area contributed by atoms with E-state index in [2.05, 4.69) is 16.4 Å². The van der Waals surface area contributed by atoms with Crippen LogP contribution >= 0.6 is 0 Å². The number of fused-ring (bicyclic) bond motifs is 1. The lowest BCUT2D eigenvalue weighted by molar-refractivity contribution is 1.27. The number of rotatable bonds is 0. The van der Waals surface area contributed by atoms with E-state index >= 15 is 0 Å². The Hall–Kier alpha value is -1.55. The molecule has 0 fully saturated rings. The second kappa shape index (κ2) is 2.00. The van der Waals surface area contributed by atoms with E-state index in [-0.39, 0.29) is 0 Å². The van der Waals surface area contributed by atoms with Crippen LogP contribution in [-0.4, -0.2) is 4.98 Å². The molecule has 0 saturated carbocycles. The smallest absolute Gasteiger partial charge is 0.0504 e. The molecule has 0 atom stereocenters. The molecule has 1 nitrogen and oxygen atoms in total. The molecule has 0 N–H and O–H groups in total. The van der Waals surface area contributed by atoms with E-state index in [1.54, 1.807) is 12.4 Å². The molecule has 2 rings (SSSR count). The maximum Gasteiger partial charge on any atom is 0.0504 e. The van der Waals surface area contributed by atoms with Gasteiger partial charge >= 0.3 is 0 Å². The van der Waals surface area contributed by atoms with E-state index < -0.39 is 0 Å². The number of hydrogen-bond acceptors (Lipinski definition) is 1. The molecular weight excluding hydrogens is 122 g/mol. The van der Waals surface area contributed by atoms with Gasteiger partial charge in [-0.15, -0.1) is 0 Å². The normalized spacial score (nSPS) is 11.6. The van der Waals surface area contributed by atoms with Crippen molar-refractivity contribution in [1.29, 1.82) is 0 Å². The van der Waals surface area contributed by atoms with Crippen LogP contribution < -0.4 is 10.4 Å². The third-order valence-electron chi connectivity index (χ3n) is 1.41. The van der Waals surface area contributed by atoms with Gasteiger partial charge in [-0.2, -0.15) is 0 Å². The second-order valence-corrected chi connectivity index (χ2v) is 2.07. The Kier molecular flexibility index (Phi) is 1.05. The van der Waals surface area contributed by atoms with Gasteiger partial charge in [-0.1, -0.05) is 11.5 Å². The van der Waals surface area contributed by atoms with Crippen molar-refractivity contribution in [1.82, 2.24) is 4.98 Å². The van der Waals surface area contributed by atoms with Crippen molar-refractivity contribution >= 4 is 11.8 Å². The molecule has 0 radical (unpaired) electrons. The van der Waals surface area contributed by atoms with Crippen LogP contribution in [0.4, 0.5) is 0 Å². The van der Waals surface area contributed by atoms with Crippen molar-refractivity contribution in [2.45, 2.75) is 0 Å². The fourth-order valence-corrected chi connectivity index (χ4v) is 0.906. The summed E-state index contributed by atoms with van der Waals surface area (Å²) in [6.07, 6.45) is 7.40. The highest BCUT2D eigenvalue weighted by molar-refractivity contribution is 5.43. The average Bonchev–Trinajstić information content (AvgIpc) is 2.05. The van der Waals surface area contributed by atoms with E-state index in [1.165, 1.54) is 0 Å². The monoisotopic (exact) mass is 127 g/mol. The van der Waals surface area contributed by atoms with Crippen molar-refractivity contribution in [3.8, 4) is 0 Å². The van der Waals surface area contributed by atoms with E-state index in [1.807, 2.05) is 18.2 Å².